The van der Waals surface area contributed by atoms with Crippen LogP contribution in [-0.4, -0.2) is 62.5 Å². The van der Waals surface area contributed by atoms with Crippen LogP contribution in [0.2, 0.25) is 0 Å². The van der Waals surface area contributed by atoms with E-state index in [1.165, 1.54) is 5.69 Å². The van der Waals surface area contributed by atoms with Gasteiger partial charge in [-0.25, -0.2) is 0 Å². The van der Waals surface area contributed by atoms with Crippen LogP contribution in [0.5, 0.6) is 0 Å². The summed E-state index contributed by atoms with van der Waals surface area (Å²) in [6.07, 6.45) is 2.06. The minimum atomic E-state index is 0.0779. The predicted molar refractivity (Wildman–Crippen MR) is 89.5 cm³/mol. The van der Waals surface area contributed by atoms with Crippen LogP contribution in [0.4, 0.5) is 11.4 Å². The summed E-state index contributed by atoms with van der Waals surface area (Å²) >= 11 is 0. The number of rotatable bonds is 4. The van der Waals surface area contributed by atoms with Crippen molar-refractivity contribution in [3.05, 3.63) is 23.8 Å². The van der Waals surface area contributed by atoms with Crippen LogP contribution in [0, 0.1) is 0 Å². The van der Waals surface area contributed by atoms with E-state index in [0.29, 0.717) is 6.04 Å². The van der Waals surface area contributed by atoms with Crippen molar-refractivity contribution in [1.82, 2.24) is 4.90 Å². The van der Waals surface area contributed by atoms with Gasteiger partial charge in [-0.3, -0.25) is 0 Å². The van der Waals surface area contributed by atoms with Gasteiger partial charge in [-0.05, 0) is 32.0 Å². The molecule has 2 saturated heterocycles. The number of ether oxygens (including phenoxy) is 1. The summed E-state index contributed by atoms with van der Waals surface area (Å²) in [5.74, 6) is 0. The number of aliphatic hydroxyl groups is 1. The van der Waals surface area contributed by atoms with E-state index >= 15 is 0 Å². The number of hydrogen-bond donors (Lipinski definition) is 2. The van der Waals surface area contributed by atoms with Crippen molar-refractivity contribution < 1.29 is 9.84 Å². The van der Waals surface area contributed by atoms with Crippen molar-refractivity contribution in [2.24, 2.45) is 0 Å². The molecule has 2 N–H and O–H groups in total. The lowest BCUT2D eigenvalue weighted by Gasteiger charge is -2.34. The van der Waals surface area contributed by atoms with Crippen molar-refractivity contribution in [3.8, 4) is 0 Å². The van der Waals surface area contributed by atoms with Gasteiger partial charge < -0.3 is 25.0 Å². The number of hydrogen-bond acceptors (Lipinski definition) is 5. The lowest BCUT2D eigenvalue weighted by Crippen LogP contribution is -2.44. The van der Waals surface area contributed by atoms with Gasteiger partial charge >= 0.3 is 0 Å². The SMILES string of the molecule is CN1CCN(c2ccc(CO)c(NC3CCOCC3)c2)CC1. The molecule has 2 aliphatic heterocycles. The largest absolute Gasteiger partial charge is 0.392 e. The Hall–Kier alpha value is -1.30. The highest BCUT2D eigenvalue weighted by Crippen LogP contribution is 2.26. The Labute approximate surface area is 132 Å². The van der Waals surface area contributed by atoms with Gasteiger partial charge in [0.25, 0.3) is 0 Å². The van der Waals surface area contributed by atoms with Crippen LogP contribution >= 0.6 is 0 Å². The first-order chi connectivity index (χ1) is 10.8. The third kappa shape index (κ3) is 3.72. The van der Waals surface area contributed by atoms with Gasteiger partial charge in [0.1, 0.15) is 0 Å². The third-order valence-corrected chi connectivity index (χ3v) is 4.71. The molecule has 2 fully saturated rings. The normalized spacial score (nSPS) is 21.1. The van der Waals surface area contributed by atoms with E-state index in [2.05, 4.69) is 40.4 Å². The third-order valence-electron chi connectivity index (χ3n) is 4.71. The van der Waals surface area contributed by atoms with Gasteiger partial charge in [0.15, 0.2) is 0 Å². The highest BCUT2D eigenvalue weighted by Gasteiger charge is 2.18. The van der Waals surface area contributed by atoms with Crippen LogP contribution in [0.1, 0.15) is 18.4 Å². The number of likely N-dealkylation sites (N-methyl/N-ethyl adjacent to an activating group) is 1. The molecule has 1 aromatic carbocycles. The molecule has 0 saturated carbocycles. The number of nitrogens with zero attached hydrogens (tertiary/aromatic N) is 2. The van der Waals surface area contributed by atoms with Crippen molar-refractivity contribution in [2.75, 3.05) is 56.7 Å². The highest BCUT2D eigenvalue weighted by atomic mass is 16.5. The van der Waals surface area contributed by atoms with Gasteiger partial charge in [0.2, 0.25) is 0 Å². The molecular weight excluding hydrogens is 278 g/mol. The van der Waals surface area contributed by atoms with Crippen LogP contribution in [0.3, 0.4) is 0 Å². The second-order valence-corrected chi connectivity index (χ2v) is 6.32. The lowest BCUT2D eigenvalue weighted by atomic mass is 10.1. The fourth-order valence-electron chi connectivity index (χ4n) is 3.16. The Bertz CT molecular complexity index is 481. The second-order valence-electron chi connectivity index (χ2n) is 6.32. The summed E-state index contributed by atoms with van der Waals surface area (Å²) in [7, 11) is 2.17. The van der Waals surface area contributed by atoms with Crippen LogP contribution < -0.4 is 10.2 Å². The Kier molecular flexibility index (Phi) is 5.18. The fraction of sp³-hybridized carbons (Fsp3) is 0.647. The standard InChI is InChI=1S/C17H27N3O2/c1-19-6-8-20(9-7-19)16-3-2-14(13-21)17(12-16)18-15-4-10-22-11-5-15/h2-3,12,15,18,21H,4-11,13H2,1H3. The second kappa shape index (κ2) is 7.31. The van der Waals surface area contributed by atoms with E-state index < -0.39 is 0 Å². The molecule has 0 spiro atoms. The van der Waals surface area contributed by atoms with Gasteiger partial charge in [0.05, 0.1) is 6.61 Å². The molecule has 5 heteroatoms. The number of aliphatic hydroxyl groups excluding tert-OH is 1. The maximum atomic E-state index is 9.60. The quantitative estimate of drug-likeness (QED) is 0.883. The van der Waals surface area contributed by atoms with Crippen LogP contribution in [-0.2, 0) is 11.3 Å². The minimum absolute atomic E-state index is 0.0779. The van der Waals surface area contributed by atoms with Crippen molar-refractivity contribution in [1.29, 1.82) is 0 Å². The molecule has 0 radical (unpaired) electrons. The average molecular weight is 305 g/mol. The van der Waals surface area contributed by atoms with Gasteiger partial charge in [0, 0.05) is 62.4 Å². The van der Waals surface area contributed by atoms with E-state index in [1.807, 2.05) is 0 Å². The zero-order valence-corrected chi connectivity index (χ0v) is 13.4. The highest BCUT2D eigenvalue weighted by molar-refractivity contribution is 5.63. The molecule has 2 aliphatic rings. The van der Waals surface area contributed by atoms with Crippen molar-refractivity contribution in [3.63, 3.8) is 0 Å². The molecule has 122 valence electrons. The van der Waals surface area contributed by atoms with Crippen molar-refractivity contribution in [2.45, 2.75) is 25.5 Å². The molecule has 1 aromatic rings. The Balaban J connectivity index is 1.73. The summed E-state index contributed by atoms with van der Waals surface area (Å²) in [5.41, 5.74) is 3.30. The molecule has 0 aromatic heterocycles. The van der Waals surface area contributed by atoms with Crippen LogP contribution in [0.15, 0.2) is 18.2 Å². The first-order valence-corrected chi connectivity index (χ1v) is 8.28. The molecule has 22 heavy (non-hydrogen) atoms. The first-order valence-electron chi connectivity index (χ1n) is 8.28. The summed E-state index contributed by atoms with van der Waals surface area (Å²) in [4.78, 5) is 4.79. The smallest absolute Gasteiger partial charge is 0.0702 e. The number of piperazine rings is 1. The Morgan fingerprint density at radius 1 is 1.18 bits per heavy atom. The van der Waals surface area contributed by atoms with E-state index in [-0.39, 0.29) is 6.61 Å². The maximum Gasteiger partial charge on any atom is 0.0702 e. The van der Waals surface area contributed by atoms with Gasteiger partial charge in [-0.1, -0.05) is 6.07 Å². The molecule has 0 atom stereocenters. The van der Waals surface area contributed by atoms with E-state index in [1.54, 1.807) is 0 Å². The van der Waals surface area contributed by atoms with E-state index in [0.717, 1.165) is 63.5 Å². The fourth-order valence-corrected chi connectivity index (χ4v) is 3.16. The summed E-state index contributed by atoms with van der Waals surface area (Å²) in [6.45, 7) is 6.05. The van der Waals surface area contributed by atoms with Crippen molar-refractivity contribution >= 4 is 11.4 Å². The zero-order chi connectivity index (χ0) is 15.4. The van der Waals surface area contributed by atoms with Gasteiger partial charge in [-0.2, -0.15) is 0 Å². The molecule has 2 heterocycles. The number of nitrogens with one attached hydrogen (secondary N) is 1. The molecule has 3 rings (SSSR count). The predicted octanol–water partition coefficient (Wildman–Crippen LogP) is 1.52. The Morgan fingerprint density at radius 3 is 2.59 bits per heavy atom. The molecule has 0 aliphatic carbocycles. The maximum absolute atomic E-state index is 9.60. The topological polar surface area (TPSA) is 48.0 Å². The number of benzene rings is 1. The monoisotopic (exact) mass is 305 g/mol. The van der Waals surface area contributed by atoms with Crippen LogP contribution in [0.25, 0.3) is 0 Å². The molecular formula is C17H27N3O2. The molecule has 0 amide bonds. The average Bonchev–Trinajstić information content (AvgIpc) is 2.56. The van der Waals surface area contributed by atoms with E-state index in [9.17, 15) is 5.11 Å². The number of anilines is 2. The minimum Gasteiger partial charge on any atom is -0.392 e. The zero-order valence-electron chi connectivity index (χ0n) is 13.4. The molecule has 5 nitrogen and oxygen atoms in total. The van der Waals surface area contributed by atoms with Gasteiger partial charge in [-0.15, -0.1) is 0 Å². The molecule has 0 bridgehead atoms. The summed E-state index contributed by atoms with van der Waals surface area (Å²) in [5, 5.41) is 13.2. The molecule has 0 unspecified atom stereocenters. The first kappa shape index (κ1) is 15.6. The summed E-state index contributed by atoms with van der Waals surface area (Å²) in [6, 6.07) is 6.83. The Morgan fingerprint density at radius 2 is 1.91 bits per heavy atom. The summed E-state index contributed by atoms with van der Waals surface area (Å²) < 4.78 is 5.42. The lowest BCUT2D eigenvalue weighted by molar-refractivity contribution is 0.0904. The van der Waals surface area contributed by atoms with E-state index in [4.69, 9.17) is 4.74 Å².